The average molecular weight is 223 g/mol. The molecule has 0 heterocycles. The Hall–Kier alpha value is -0.890. The first kappa shape index (κ1) is 13.2. The fourth-order valence-electron chi connectivity index (χ4n) is 1.50. The number of hydrogen-bond acceptors (Lipinski definition) is 1. The molecule has 1 atom stereocenters. The van der Waals surface area contributed by atoms with Crippen molar-refractivity contribution in [2.24, 2.45) is 11.8 Å². The van der Waals surface area contributed by atoms with Crippen LogP contribution in [0.5, 0.6) is 0 Å². The molecule has 0 saturated carbocycles. The van der Waals surface area contributed by atoms with Crippen LogP contribution in [0.4, 0.5) is 4.39 Å². The van der Waals surface area contributed by atoms with E-state index in [1.165, 1.54) is 6.07 Å². The number of benzene rings is 1. The molecule has 1 rings (SSSR count). The second kappa shape index (κ2) is 6.00. The van der Waals surface area contributed by atoms with E-state index < -0.39 is 0 Å². The predicted octanol–water partition coefficient (Wildman–Crippen LogP) is 3.52. The molecule has 0 bridgehead atoms. The van der Waals surface area contributed by atoms with Gasteiger partial charge in [-0.3, -0.25) is 0 Å². The van der Waals surface area contributed by atoms with Gasteiger partial charge in [-0.05, 0) is 48.6 Å². The maximum atomic E-state index is 13.0. The molecule has 1 aromatic rings. The number of halogens is 1. The summed E-state index contributed by atoms with van der Waals surface area (Å²) in [6.07, 6.45) is 0. The molecule has 0 aromatic heterocycles. The van der Waals surface area contributed by atoms with Gasteiger partial charge in [0.1, 0.15) is 5.82 Å². The Morgan fingerprint density at radius 1 is 1.25 bits per heavy atom. The topological polar surface area (TPSA) is 12.0 Å². The lowest BCUT2D eigenvalue weighted by Crippen LogP contribution is -2.24. The van der Waals surface area contributed by atoms with Crippen LogP contribution in [0.3, 0.4) is 0 Å². The summed E-state index contributed by atoms with van der Waals surface area (Å²) in [6.45, 7) is 10.4. The van der Waals surface area contributed by atoms with Crippen molar-refractivity contribution in [2.75, 3.05) is 6.54 Å². The predicted molar refractivity (Wildman–Crippen MR) is 66.8 cm³/mol. The van der Waals surface area contributed by atoms with E-state index in [2.05, 4.69) is 26.1 Å². The van der Waals surface area contributed by atoms with Gasteiger partial charge in [0.2, 0.25) is 0 Å². The molecule has 0 amide bonds. The van der Waals surface area contributed by atoms with Crippen LogP contribution in [0.15, 0.2) is 18.2 Å². The van der Waals surface area contributed by atoms with Gasteiger partial charge in [0, 0.05) is 6.54 Å². The van der Waals surface area contributed by atoms with Crippen molar-refractivity contribution in [1.82, 2.24) is 5.32 Å². The average Bonchev–Trinajstić information content (AvgIpc) is 2.22. The fourth-order valence-corrected chi connectivity index (χ4v) is 1.50. The molecule has 0 aliphatic carbocycles. The van der Waals surface area contributed by atoms with Gasteiger partial charge in [0.25, 0.3) is 0 Å². The molecule has 1 unspecified atom stereocenters. The van der Waals surface area contributed by atoms with E-state index in [4.69, 9.17) is 0 Å². The lowest BCUT2D eigenvalue weighted by atomic mass is 9.98. The zero-order chi connectivity index (χ0) is 12.1. The minimum absolute atomic E-state index is 0.153. The van der Waals surface area contributed by atoms with Gasteiger partial charge < -0.3 is 5.32 Å². The minimum Gasteiger partial charge on any atom is -0.312 e. The summed E-state index contributed by atoms with van der Waals surface area (Å²) in [5.74, 6) is 1.18. The third-order valence-corrected chi connectivity index (χ3v) is 3.23. The van der Waals surface area contributed by atoms with E-state index in [0.29, 0.717) is 11.8 Å². The molecule has 1 nitrogen and oxygen atoms in total. The molecular formula is C14H22FN. The molecule has 90 valence electrons. The van der Waals surface area contributed by atoms with Crippen LogP contribution in [0.25, 0.3) is 0 Å². The van der Waals surface area contributed by atoms with Crippen molar-refractivity contribution >= 4 is 0 Å². The van der Waals surface area contributed by atoms with Gasteiger partial charge in [-0.25, -0.2) is 4.39 Å². The molecule has 0 fully saturated rings. The summed E-state index contributed by atoms with van der Waals surface area (Å²) in [6, 6.07) is 4.95. The first-order valence-electron chi connectivity index (χ1n) is 5.96. The highest BCUT2D eigenvalue weighted by Crippen LogP contribution is 2.11. The van der Waals surface area contributed by atoms with E-state index >= 15 is 0 Å². The number of aryl methyl sites for hydroxylation is 1. The summed E-state index contributed by atoms with van der Waals surface area (Å²) in [5.41, 5.74) is 2.20. The minimum atomic E-state index is -0.153. The molecule has 2 heteroatoms. The Labute approximate surface area is 98.1 Å². The smallest absolute Gasteiger partial charge is 0.123 e. The molecule has 1 N–H and O–H groups in total. The largest absolute Gasteiger partial charge is 0.312 e. The SMILES string of the molecule is Cc1ccc(F)cc1CNCC(C)C(C)C. The Morgan fingerprint density at radius 3 is 2.56 bits per heavy atom. The maximum absolute atomic E-state index is 13.0. The number of rotatable bonds is 5. The molecule has 0 saturated heterocycles. The molecule has 0 radical (unpaired) electrons. The molecule has 0 aliphatic heterocycles. The highest BCUT2D eigenvalue weighted by Gasteiger charge is 2.06. The highest BCUT2D eigenvalue weighted by atomic mass is 19.1. The van der Waals surface area contributed by atoms with Crippen molar-refractivity contribution in [2.45, 2.75) is 34.2 Å². The monoisotopic (exact) mass is 223 g/mol. The second-order valence-corrected chi connectivity index (χ2v) is 4.92. The van der Waals surface area contributed by atoms with Crippen molar-refractivity contribution in [1.29, 1.82) is 0 Å². The van der Waals surface area contributed by atoms with Gasteiger partial charge in [0.05, 0.1) is 0 Å². The molecule has 0 spiro atoms. The molecule has 16 heavy (non-hydrogen) atoms. The normalized spacial score (nSPS) is 13.1. The fraction of sp³-hybridized carbons (Fsp3) is 0.571. The lowest BCUT2D eigenvalue weighted by molar-refractivity contribution is 0.392. The molecule has 1 aromatic carbocycles. The van der Waals surface area contributed by atoms with Gasteiger partial charge in [-0.15, -0.1) is 0 Å². The van der Waals surface area contributed by atoms with E-state index in [1.54, 1.807) is 6.07 Å². The molecular weight excluding hydrogens is 201 g/mol. The van der Waals surface area contributed by atoms with E-state index in [9.17, 15) is 4.39 Å². The number of nitrogens with one attached hydrogen (secondary N) is 1. The third kappa shape index (κ3) is 3.93. The zero-order valence-corrected chi connectivity index (χ0v) is 10.7. The van der Waals surface area contributed by atoms with Crippen molar-refractivity contribution in [3.8, 4) is 0 Å². The van der Waals surface area contributed by atoms with Crippen LogP contribution in [0, 0.1) is 24.6 Å². The summed E-state index contributed by atoms with van der Waals surface area (Å²) < 4.78 is 13.0. The van der Waals surface area contributed by atoms with E-state index in [1.807, 2.05) is 13.0 Å². The standard InChI is InChI=1S/C14H22FN/c1-10(2)12(4)8-16-9-13-7-14(15)6-5-11(13)3/h5-7,10,12,16H,8-9H2,1-4H3. The second-order valence-electron chi connectivity index (χ2n) is 4.92. The van der Waals surface area contributed by atoms with Gasteiger partial charge >= 0.3 is 0 Å². The van der Waals surface area contributed by atoms with E-state index in [-0.39, 0.29) is 5.82 Å². The Bertz CT molecular complexity index is 334. The van der Waals surface area contributed by atoms with Crippen molar-refractivity contribution in [3.63, 3.8) is 0 Å². The van der Waals surface area contributed by atoms with Crippen LogP contribution in [-0.2, 0) is 6.54 Å². The summed E-state index contributed by atoms with van der Waals surface area (Å²) in [7, 11) is 0. The first-order chi connectivity index (χ1) is 7.50. The summed E-state index contributed by atoms with van der Waals surface area (Å²) >= 11 is 0. The van der Waals surface area contributed by atoms with Gasteiger partial charge in [-0.2, -0.15) is 0 Å². The van der Waals surface area contributed by atoms with Crippen LogP contribution >= 0.6 is 0 Å². The molecule has 0 aliphatic rings. The Morgan fingerprint density at radius 2 is 1.94 bits per heavy atom. The van der Waals surface area contributed by atoms with Crippen molar-refractivity contribution < 1.29 is 4.39 Å². The lowest BCUT2D eigenvalue weighted by Gasteiger charge is -2.16. The Kier molecular flexibility index (Phi) is 4.94. The summed E-state index contributed by atoms with van der Waals surface area (Å²) in [4.78, 5) is 0. The van der Waals surface area contributed by atoms with Crippen LogP contribution < -0.4 is 5.32 Å². The van der Waals surface area contributed by atoms with Crippen LogP contribution in [-0.4, -0.2) is 6.54 Å². The maximum Gasteiger partial charge on any atom is 0.123 e. The van der Waals surface area contributed by atoms with E-state index in [0.717, 1.165) is 24.2 Å². The number of hydrogen-bond donors (Lipinski definition) is 1. The summed E-state index contributed by atoms with van der Waals surface area (Å²) in [5, 5.41) is 3.38. The van der Waals surface area contributed by atoms with Gasteiger partial charge in [-0.1, -0.05) is 26.8 Å². The van der Waals surface area contributed by atoms with Gasteiger partial charge in [0.15, 0.2) is 0 Å². The van der Waals surface area contributed by atoms with Crippen molar-refractivity contribution in [3.05, 3.63) is 35.1 Å². The zero-order valence-electron chi connectivity index (χ0n) is 10.7. The Balaban J connectivity index is 2.45. The highest BCUT2D eigenvalue weighted by molar-refractivity contribution is 5.26. The first-order valence-corrected chi connectivity index (χ1v) is 5.96. The van der Waals surface area contributed by atoms with Crippen LogP contribution in [0.1, 0.15) is 31.9 Å². The van der Waals surface area contributed by atoms with Crippen LogP contribution in [0.2, 0.25) is 0 Å². The third-order valence-electron chi connectivity index (χ3n) is 3.23. The quantitative estimate of drug-likeness (QED) is 0.805.